The van der Waals surface area contributed by atoms with E-state index in [0.717, 1.165) is 39.2 Å². The molecule has 0 radical (unpaired) electrons. The van der Waals surface area contributed by atoms with Crippen LogP contribution < -0.4 is 0 Å². The van der Waals surface area contributed by atoms with Crippen LogP contribution in [-0.2, 0) is 5.41 Å². The van der Waals surface area contributed by atoms with Crippen LogP contribution in [0.5, 0.6) is 0 Å². The Labute approximate surface area is 356 Å². The summed E-state index contributed by atoms with van der Waals surface area (Å²) < 4.78 is 0. The maximum atomic E-state index is 5.15. The molecule has 2 heteroatoms. The quantitative estimate of drug-likeness (QED) is 0.168. The molecule has 0 N–H and O–H groups in total. The highest BCUT2D eigenvalue weighted by atomic mass is 14.9. The number of aromatic nitrogens is 2. The Morgan fingerprint density at radius 3 is 1.31 bits per heavy atom. The maximum Gasteiger partial charge on any atom is 0.160 e. The van der Waals surface area contributed by atoms with E-state index < -0.39 is 0 Å². The topological polar surface area (TPSA) is 25.8 Å². The van der Waals surface area contributed by atoms with Gasteiger partial charge in [0.25, 0.3) is 0 Å². The van der Waals surface area contributed by atoms with E-state index in [-0.39, 0.29) is 5.41 Å². The van der Waals surface area contributed by atoms with E-state index in [1.165, 1.54) is 66.8 Å². The summed E-state index contributed by atoms with van der Waals surface area (Å²) in [4.78, 5) is 10.2. The standard InChI is InChI=1S/C59H38N2/c1-3-15-39(16-4-1)40-31-35-43(36-32-40)55-38-56(61-58(60-55)44-17-5-2-6-18-44)46-20-13-19-45(37-46)41-29-33-42(34-30-41)47-24-14-28-54-57(47)50-23-9-12-27-53(50)59(54)51-25-10-7-21-48(51)49-22-8-11-26-52(49)59/h1-38H. The highest BCUT2D eigenvalue weighted by Crippen LogP contribution is 2.63. The summed E-state index contributed by atoms with van der Waals surface area (Å²) in [6.07, 6.45) is 0. The van der Waals surface area contributed by atoms with E-state index in [1.807, 2.05) is 24.3 Å². The second-order valence-electron chi connectivity index (χ2n) is 16.0. The predicted octanol–water partition coefficient (Wildman–Crippen LogP) is 14.8. The highest BCUT2D eigenvalue weighted by molar-refractivity contribution is 6.00. The lowest BCUT2D eigenvalue weighted by molar-refractivity contribution is 0.794. The summed E-state index contributed by atoms with van der Waals surface area (Å²) in [6, 6.07) is 83.3. The molecule has 0 bridgehead atoms. The molecule has 10 aromatic rings. The third-order valence-corrected chi connectivity index (χ3v) is 12.8. The number of rotatable bonds is 6. The van der Waals surface area contributed by atoms with Crippen molar-refractivity contribution in [3.8, 4) is 89.5 Å². The fourth-order valence-corrected chi connectivity index (χ4v) is 10.0. The van der Waals surface area contributed by atoms with Gasteiger partial charge in [0.1, 0.15) is 0 Å². The Balaban J connectivity index is 0.925. The van der Waals surface area contributed by atoms with E-state index in [4.69, 9.17) is 9.97 Å². The molecule has 1 spiro atoms. The Kier molecular flexibility index (Phi) is 8.11. The van der Waals surface area contributed by atoms with Gasteiger partial charge in [-0.2, -0.15) is 0 Å². The fourth-order valence-electron chi connectivity index (χ4n) is 10.0. The van der Waals surface area contributed by atoms with Gasteiger partial charge < -0.3 is 0 Å². The van der Waals surface area contributed by atoms with Gasteiger partial charge >= 0.3 is 0 Å². The molecule has 0 aliphatic heterocycles. The van der Waals surface area contributed by atoms with Crippen LogP contribution >= 0.6 is 0 Å². The Morgan fingerprint density at radius 2 is 0.656 bits per heavy atom. The summed E-state index contributed by atoms with van der Waals surface area (Å²) in [5.74, 6) is 0.707. The SMILES string of the molecule is c1ccc(-c2ccc(-c3cc(-c4cccc(-c5ccc(-c6cccc7c6-c6ccccc6C76c7ccccc7-c7ccccc76)cc5)c4)nc(-c4ccccc4)n3)cc2)cc1. The zero-order chi connectivity index (χ0) is 40.3. The van der Waals surface area contributed by atoms with Crippen molar-refractivity contribution in [2.45, 2.75) is 5.41 Å². The molecule has 0 saturated carbocycles. The predicted molar refractivity (Wildman–Crippen MR) is 251 cm³/mol. The van der Waals surface area contributed by atoms with E-state index >= 15 is 0 Å². The zero-order valence-electron chi connectivity index (χ0n) is 33.3. The molecule has 2 nitrogen and oxygen atoms in total. The van der Waals surface area contributed by atoms with Crippen molar-refractivity contribution in [2.75, 3.05) is 0 Å². The van der Waals surface area contributed by atoms with Crippen LogP contribution in [0.1, 0.15) is 22.3 Å². The van der Waals surface area contributed by atoms with Crippen LogP contribution in [-0.4, -0.2) is 9.97 Å². The van der Waals surface area contributed by atoms with Gasteiger partial charge in [-0.05, 0) is 90.0 Å². The molecule has 0 saturated heterocycles. The number of nitrogens with zero attached hydrogens (tertiary/aromatic N) is 2. The second-order valence-corrected chi connectivity index (χ2v) is 16.0. The van der Waals surface area contributed by atoms with Gasteiger partial charge in [0.2, 0.25) is 0 Å². The van der Waals surface area contributed by atoms with Crippen molar-refractivity contribution < 1.29 is 0 Å². The molecular weight excluding hydrogens is 737 g/mol. The highest BCUT2D eigenvalue weighted by Gasteiger charge is 2.51. The van der Waals surface area contributed by atoms with Crippen LogP contribution in [0.3, 0.4) is 0 Å². The second kappa shape index (κ2) is 14.1. The van der Waals surface area contributed by atoms with Crippen molar-refractivity contribution in [1.29, 1.82) is 0 Å². The third-order valence-electron chi connectivity index (χ3n) is 12.8. The molecule has 9 aromatic carbocycles. The van der Waals surface area contributed by atoms with E-state index in [9.17, 15) is 0 Å². The zero-order valence-corrected chi connectivity index (χ0v) is 33.3. The lowest BCUT2D eigenvalue weighted by Crippen LogP contribution is -2.25. The number of fused-ring (bicyclic) bond motifs is 10. The van der Waals surface area contributed by atoms with Gasteiger partial charge in [-0.1, -0.05) is 218 Å². The molecule has 284 valence electrons. The van der Waals surface area contributed by atoms with E-state index in [2.05, 4.69) is 206 Å². The first-order chi connectivity index (χ1) is 30.2. The number of benzene rings is 9. The van der Waals surface area contributed by atoms with Gasteiger partial charge in [0.15, 0.2) is 5.82 Å². The van der Waals surface area contributed by atoms with Crippen molar-refractivity contribution in [1.82, 2.24) is 9.97 Å². The van der Waals surface area contributed by atoms with Crippen LogP contribution in [0.25, 0.3) is 89.5 Å². The molecule has 1 aromatic heterocycles. The van der Waals surface area contributed by atoms with Gasteiger partial charge in [0.05, 0.1) is 16.8 Å². The van der Waals surface area contributed by atoms with Crippen molar-refractivity contribution in [3.05, 3.63) is 253 Å². The van der Waals surface area contributed by atoms with Crippen LogP contribution in [0, 0.1) is 0 Å². The molecule has 0 fully saturated rings. The van der Waals surface area contributed by atoms with E-state index in [1.54, 1.807) is 0 Å². The van der Waals surface area contributed by atoms with Gasteiger partial charge in [-0.25, -0.2) is 9.97 Å². The molecule has 0 amide bonds. The minimum Gasteiger partial charge on any atom is -0.228 e. The lowest BCUT2D eigenvalue weighted by atomic mass is 9.70. The van der Waals surface area contributed by atoms with Gasteiger partial charge in [0, 0.05) is 16.7 Å². The largest absolute Gasteiger partial charge is 0.228 e. The average Bonchev–Trinajstić information content (AvgIpc) is 3.82. The monoisotopic (exact) mass is 774 g/mol. The summed E-state index contributed by atoms with van der Waals surface area (Å²) in [7, 11) is 0. The van der Waals surface area contributed by atoms with Crippen molar-refractivity contribution in [2.24, 2.45) is 0 Å². The van der Waals surface area contributed by atoms with Gasteiger partial charge in [-0.15, -0.1) is 0 Å². The normalized spacial score (nSPS) is 12.7. The molecule has 12 rings (SSSR count). The smallest absolute Gasteiger partial charge is 0.160 e. The van der Waals surface area contributed by atoms with E-state index in [0.29, 0.717) is 5.82 Å². The first-order valence-electron chi connectivity index (χ1n) is 21.0. The first kappa shape index (κ1) is 35.0. The fraction of sp³-hybridized carbons (Fsp3) is 0.0169. The number of hydrogen-bond acceptors (Lipinski definition) is 2. The van der Waals surface area contributed by atoms with Crippen LogP contribution in [0.15, 0.2) is 231 Å². The third kappa shape index (κ3) is 5.57. The van der Waals surface area contributed by atoms with Crippen molar-refractivity contribution >= 4 is 0 Å². The van der Waals surface area contributed by atoms with Gasteiger partial charge in [-0.3, -0.25) is 0 Å². The summed E-state index contributed by atoms with van der Waals surface area (Å²) in [5, 5.41) is 0. The molecular formula is C59H38N2. The molecule has 2 aliphatic carbocycles. The molecule has 0 unspecified atom stereocenters. The van der Waals surface area contributed by atoms with Crippen LogP contribution in [0.2, 0.25) is 0 Å². The molecule has 1 heterocycles. The Hall–Kier alpha value is -7.94. The van der Waals surface area contributed by atoms with Crippen molar-refractivity contribution in [3.63, 3.8) is 0 Å². The minimum atomic E-state index is -0.359. The molecule has 2 aliphatic rings. The first-order valence-corrected chi connectivity index (χ1v) is 21.0. The van der Waals surface area contributed by atoms with Crippen LogP contribution in [0.4, 0.5) is 0 Å². The number of hydrogen-bond donors (Lipinski definition) is 0. The maximum absolute atomic E-state index is 5.15. The lowest BCUT2D eigenvalue weighted by Gasteiger charge is -2.30. The summed E-state index contributed by atoms with van der Waals surface area (Å²) >= 11 is 0. The average molecular weight is 775 g/mol. The molecule has 0 atom stereocenters. The summed E-state index contributed by atoms with van der Waals surface area (Å²) in [6.45, 7) is 0. The molecule has 61 heavy (non-hydrogen) atoms. The Morgan fingerprint density at radius 1 is 0.246 bits per heavy atom. The minimum absolute atomic E-state index is 0.359. The Bertz CT molecular complexity index is 3230. The summed E-state index contributed by atoms with van der Waals surface area (Å²) in [5.41, 5.74) is 22.3.